The zero-order valence-electron chi connectivity index (χ0n) is 11.1. The molecule has 1 aromatic carbocycles. The largest absolute Gasteiger partial charge is 0.397 e. The number of nitrogens with one attached hydrogen (secondary N) is 2. The van der Waals surface area contributed by atoms with E-state index in [4.69, 9.17) is 10.5 Å². The van der Waals surface area contributed by atoms with Crippen LogP contribution in [0.3, 0.4) is 0 Å². The second kappa shape index (κ2) is 4.42. The summed E-state index contributed by atoms with van der Waals surface area (Å²) in [6, 6.07) is 3.79. The van der Waals surface area contributed by atoms with Crippen molar-refractivity contribution in [2.45, 2.75) is 31.3 Å². The van der Waals surface area contributed by atoms with Crippen molar-refractivity contribution in [3.63, 3.8) is 0 Å². The summed E-state index contributed by atoms with van der Waals surface area (Å²) in [4.78, 5) is 11.3. The van der Waals surface area contributed by atoms with Gasteiger partial charge in [-0.3, -0.25) is 4.79 Å². The summed E-state index contributed by atoms with van der Waals surface area (Å²) >= 11 is 0. The van der Waals surface area contributed by atoms with Crippen LogP contribution in [0.25, 0.3) is 0 Å². The number of hydrogen-bond donors (Lipinski definition) is 3. The van der Waals surface area contributed by atoms with E-state index in [1.807, 2.05) is 12.1 Å². The molecule has 0 bridgehead atoms. The number of hydrogen-bond acceptors (Lipinski definition) is 4. The normalized spacial score (nSPS) is 19.5. The number of fused-ring (bicyclic) bond motifs is 1. The van der Waals surface area contributed by atoms with Crippen LogP contribution in [0.1, 0.15) is 24.8 Å². The minimum Gasteiger partial charge on any atom is -0.397 e. The number of anilines is 3. The van der Waals surface area contributed by atoms with E-state index in [-0.39, 0.29) is 11.5 Å². The first kappa shape index (κ1) is 12.3. The van der Waals surface area contributed by atoms with Gasteiger partial charge in [-0.25, -0.2) is 0 Å². The molecule has 1 saturated carbocycles. The fourth-order valence-electron chi connectivity index (χ4n) is 2.73. The van der Waals surface area contributed by atoms with Crippen molar-refractivity contribution in [3.8, 4) is 0 Å². The van der Waals surface area contributed by atoms with Crippen molar-refractivity contribution in [3.05, 3.63) is 17.7 Å². The number of amides is 1. The zero-order chi connectivity index (χ0) is 13.5. The highest BCUT2D eigenvalue weighted by atomic mass is 16.5. The van der Waals surface area contributed by atoms with Crippen LogP contribution in [-0.2, 0) is 16.0 Å². The first-order valence-corrected chi connectivity index (χ1v) is 6.63. The van der Waals surface area contributed by atoms with E-state index < -0.39 is 0 Å². The summed E-state index contributed by atoms with van der Waals surface area (Å²) in [5.74, 6) is 0.0268. The molecule has 0 saturated heterocycles. The fourth-order valence-corrected chi connectivity index (χ4v) is 2.73. The summed E-state index contributed by atoms with van der Waals surface area (Å²) in [5, 5.41) is 6.19. The second-order valence-corrected chi connectivity index (χ2v) is 5.42. The van der Waals surface area contributed by atoms with Crippen molar-refractivity contribution in [1.29, 1.82) is 0 Å². The van der Waals surface area contributed by atoms with Crippen molar-refractivity contribution in [2.75, 3.05) is 30.0 Å². The molecule has 1 aromatic rings. The van der Waals surface area contributed by atoms with Crippen LogP contribution in [0.4, 0.5) is 17.1 Å². The molecular weight excluding hydrogens is 242 g/mol. The summed E-state index contributed by atoms with van der Waals surface area (Å²) in [6.45, 7) is 0.750. The van der Waals surface area contributed by atoms with Gasteiger partial charge in [0.1, 0.15) is 0 Å². The van der Waals surface area contributed by atoms with E-state index in [1.54, 1.807) is 7.11 Å². The van der Waals surface area contributed by atoms with Crippen LogP contribution in [-0.4, -0.2) is 25.2 Å². The first-order valence-electron chi connectivity index (χ1n) is 6.63. The Balaban J connectivity index is 1.75. The molecule has 3 rings (SSSR count). The fraction of sp³-hybridized carbons (Fsp3) is 0.500. The van der Waals surface area contributed by atoms with Gasteiger partial charge in [0, 0.05) is 19.3 Å². The van der Waals surface area contributed by atoms with Gasteiger partial charge in [-0.1, -0.05) is 0 Å². The molecule has 19 heavy (non-hydrogen) atoms. The number of methoxy groups -OCH3 is 1. The number of nitrogen functional groups attached to an aromatic ring is 1. The number of nitrogens with two attached hydrogens (primary N) is 1. The predicted molar refractivity (Wildman–Crippen MR) is 75.3 cm³/mol. The standard InChI is InChI=1S/C14H19N3O2/c1-19-14(3-2-4-14)8-16-12-7-11-9(5-10(12)15)6-13(18)17-11/h5,7,16H,2-4,6,8,15H2,1H3,(H,17,18). The third kappa shape index (κ3) is 2.14. The monoisotopic (exact) mass is 261 g/mol. The van der Waals surface area contributed by atoms with E-state index in [0.717, 1.165) is 36.3 Å². The molecule has 0 unspecified atom stereocenters. The molecule has 4 N–H and O–H groups in total. The highest BCUT2D eigenvalue weighted by molar-refractivity contribution is 6.00. The third-order valence-electron chi connectivity index (χ3n) is 4.20. The lowest BCUT2D eigenvalue weighted by Gasteiger charge is -2.40. The molecule has 1 aliphatic heterocycles. The van der Waals surface area contributed by atoms with Crippen LogP contribution in [0, 0.1) is 0 Å². The molecule has 5 heteroatoms. The molecule has 0 aromatic heterocycles. The number of rotatable bonds is 4. The van der Waals surface area contributed by atoms with Crippen LogP contribution < -0.4 is 16.4 Å². The summed E-state index contributed by atoms with van der Waals surface area (Å²) in [6.07, 6.45) is 3.79. The average Bonchev–Trinajstić information content (AvgIpc) is 2.67. The predicted octanol–water partition coefficient (Wildman–Crippen LogP) is 1.74. The lowest BCUT2D eigenvalue weighted by Crippen LogP contribution is -2.45. The number of ether oxygens (including phenoxy) is 1. The third-order valence-corrected chi connectivity index (χ3v) is 4.20. The van der Waals surface area contributed by atoms with Crippen LogP contribution in [0.15, 0.2) is 12.1 Å². The van der Waals surface area contributed by atoms with Crippen molar-refractivity contribution in [1.82, 2.24) is 0 Å². The van der Waals surface area contributed by atoms with Gasteiger partial charge in [0.2, 0.25) is 5.91 Å². The maximum absolute atomic E-state index is 11.3. The molecule has 1 heterocycles. The Labute approximate surface area is 112 Å². The average molecular weight is 261 g/mol. The van der Waals surface area contributed by atoms with Crippen LogP contribution >= 0.6 is 0 Å². The molecule has 0 spiro atoms. The van der Waals surface area contributed by atoms with E-state index in [9.17, 15) is 4.79 Å². The number of carbonyl (C=O) groups excluding carboxylic acids is 1. The second-order valence-electron chi connectivity index (χ2n) is 5.42. The molecular formula is C14H19N3O2. The van der Waals surface area contributed by atoms with Gasteiger partial charge in [-0.2, -0.15) is 0 Å². The minimum atomic E-state index is -0.0469. The molecule has 102 valence electrons. The van der Waals surface area contributed by atoms with Crippen LogP contribution in [0.5, 0.6) is 0 Å². The highest BCUT2D eigenvalue weighted by Crippen LogP contribution is 2.37. The minimum absolute atomic E-state index is 0.0268. The summed E-state index contributed by atoms with van der Waals surface area (Å²) in [5.41, 5.74) is 9.36. The van der Waals surface area contributed by atoms with E-state index in [0.29, 0.717) is 12.1 Å². The van der Waals surface area contributed by atoms with Crippen molar-refractivity contribution < 1.29 is 9.53 Å². The molecule has 1 aliphatic carbocycles. The lowest BCUT2D eigenvalue weighted by atomic mass is 9.80. The maximum Gasteiger partial charge on any atom is 0.228 e. The quantitative estimate of drug-likeness (QED) is 0.722. The van der Waals surface area contributed by atoms with Gasteiger partial charge in [0.05, 0.1) is 23.4 Å². The van der Waals surface area contributed by atoms with Crippen molar-refractivity contribution >= 4 is 23.0 Å². The Hall–Kier alpha value is -1.75. The van der Waals surface area contributed by atoms with E-state index in [1.165, 1.54) is 6.42 Å². The molecule has 5 nitrogen and oxygen atoms in total. The van der Waals surface area contributed by atoms with Crippen LogP contribution in [0.2, 0.25) is 0 Å². The topological polar surface area (TPSA) is 76.4 Å². The van der Waals surface area contributed by atoms with Crippen molar-refractivity contribution in [2.24, 2.45) is 0 Å². The zero-order valence-corrected chi connectivity index (χ0v) is 11.1. The Morgan fingerprint density at radius 1 is 1.47 bits per heavy atom. The number of benzene rings is 1. The Morgan fingerprint density at radius 3 is 2.89 bits per heavy atom. The van der Waals surface area contributed by atoms with Gasteiger partial charge >= 0.3 is 0 Å². The molecule has 1 amide bonds. The Bertz CT molecular complexity index is 518. The van der Waals surface area contributed by atoms with Gasteiger partial charge in [0.15, 0.2) is 0 Å². The number of carbonyl (C=O) groups is 1. The first-order chi connectivity index (χ1) is 9.12. The lowest BCUT2D eigenvalue weighted by molar-refractivity contribution is -0.115. The molecule has 1 fully saturated rings. The SMILES string of the molecule is COC1(CNc2cc3c(cc2N)CC(=O)N3)CCC1. The van der Waals surface area contributed by atoms with Gasteiger partial charge < -0.3 is 21.1 Å². The molecule has 0 atom stereocenters. The van der Waals surface area contributed by atoms with Gasteiger partial charge in [0.25, 0.3) is 0 Å². The summed E-state index contributed by atoms with van der Waals surface area (Å²) < 4.78 is 5.57. The Morgan fingerprint density at radius 2 is 2.26 bits per heavy atom. The summed E-state index contributed by atoms with van der Waals surface area (Å²) in [7, 11) is 1.76. The van der Waals surface area contributed by atoms with Gasteiger partial charge in [-0.15, -0.1) is 0 Å². The van der Waals surface area contributed by atoms with E-state index in [2.05, 4.69) is 10.6 Å². The van der Waals surface area contributed by atoms with Gasteiger partial charge in [-0.05, 0) is 37.0 Å². The highest BCUT2D eigenvalue weighted by Gasteiger charge is 2.36. The molecule has 2 aliphatic rings. The van der Waals surface area contributed by atoms with E-state index >= 15 is 0 Å². The Kier molecular flexibility index (Phi) is 2.86. The maximum atomic E-state index is 11.3. The molecule has 0 radical (unpaired) electrons. The smallest absolute Gasteiger partial charge is 0.228 e.